The molecule has 4 aromatic rings. The third-order valence-electron chi connectivity index (χ3n) is 4.21. The van der Waals surface area contributed by atoms with Gasteiger partial charge in [-0.1, -0.05) is 35.5 Å². The molecule has 0 fully saturated rings. The van der Waals surface area contributed by atoms with Crippen LogP contribution in [-0.4, -0.2) is 22.7 Å². The summed E-state index contributed by atoms with van der Waals surface area (Å²) in [6.45, 7) is 2.88. The van der Waals surface area contributed by atoms with Crippen molar-refractivity contribution < 1.29 is 14.1 Å². The minimum Gasteiger partial charge on any atom is -0.494 e. The fraction of sp³-hybridized carbons (Fsp3) is 0.136. The van der Waals surface area contributed by atoms with E-state index in [0.717, 1.165) is 27.6 Å². The van der Waals surface area contributed by atoms with E-state index in [-0.39, 0.29) is 11.6 Å². The number of carbonyl (C=O) groups is 1. The molecule has 29 heavy (non-hydrogen) atoms. The lowest BCUT2D eigenvalue weighted by Crippen LogP contribution is -2.22. The Bertz CT molecular complexity index is 1090. The summed E-state index contributed by atoms with van der Waals surface area (Å²) >= 11 is 1.51. The molecule has 0 radical (unpaired) electrons. The van der Waals surface area contributed by atoms with E-state index in [1.54, 1.807) is 6.07 Å². The second-order valence-electron chi connectivity index (χ2n) is 6.21. The molecule has 1 amide bonds. The van der Waals surface area contributed by atoms with Crippen LogP contribution in [0.4, 0.5) is 0 Å². The molecule has 6 nitrogen and oxygen atoms in total. The van der Waals surface area contributed by atoms with Crippen LogP contribution in [0.25, 0.3) is 22.6 Å². The zero-order valence-corrected chi connectivity index (χ0v) is 16.6. The van der Waals surface area contributed by atoms with Crippen LogP contribution in [0, 0.1) is 0 Å². The molecule has 2 heterocycles. The van der Waals surface area contributed by atoms with Crippen molar-refractivity contribution >= 4 is 17.2 Å². The number of hydrogen-bond donors (Lipinski definition) is 1. The maximum absolute atomic E-state index is 12.4. The SMILES string of the molecule is CCOc1ccc(-c2cc(C(=O)NCc3nc(-c4ccccc4)cs3)no2)cc1. The van der Waals surface area contributed by atoms with Gasteiger partial charge in [0.2, 0.25) is 0 Å². The third-order valence-corrected chi connectivity index (χ3v) is 5.06. The summed E-state index contributed by atoms with van der Waals surface area (Å²) in [5.41, 5.74) is 3.01. The van der Waals surface area contributed by atoms with Crippen LogP contribution in [0.1, 0.15) is 22.4 Å². The first-order valence-corrected chi connectivity index (χ1v) is 10.1. The number of carbonyl (C=O) groups excluding carboxylic acids is 1. The summed E-state index contributed by atoms with van der Waals surface area (Å²) in [4.78, 5) is 17.0. The van der Waals surface area contributed by atoms with Crippen LogP contribution in [0.5, 0.6) is 5.75 Å². The summed E-state index contributed by atoms with van der Waals surface area (Å²) in [5.74, 6) is 1.01. The number of hydrogen-bond acceptors (Lipinski definition) is 6. The van der Waals surface area contributed by atoms with E-state index in [0.29, 0.717) is 18.9 Å². The molecule has 0 aliphatic carbocycles. The number of benzene rings is 2. The lowest BCUT2D eigenvalue weighted by atomic mass is 10.1. The zero-order valence-electron chi connectivity index (χ0n) is 15.8. The van der Waals surface area contributed by atoms with E-state index >= 15 is 0 Å². The Morgan fingerprint density at radius 3 is 2.66 bits per heavy atom. The molecule has 0 aliphatic rings. The Morgan fingerprint density at radius 1 is 1.10 bits per heavy atom. The number of rotatable bonds is 7. The molecule has 4 rings (SSSR count). The Kier molecular flexibility index (Phi) is 5.67. The van der Waals surface area contributed by atoms with Gasteiger partial charge < -0.3 is 14.6 Å². The number of thiazole rings is 1. The van der Waals surface area contributed by atoms with E-state index in [2.05, 4.69) is 15.5 Å². The van der Waals surface area contributed by atoms with Crippen molar-refractivity contribution in [1.82, 2.24) is 15.5 Å². The second kappa shape index (κ2) is 8.70. The Morgan fingerprint density at radius 2 is 1.90 bits per heavy atom. The van der Waals surface area contributed by atoms with Gasteiger partial charge in [-0.3, -0.25) is 4.79 Å². The van der Waals surface area contributed by atoms with Crippen LogP contribution in [0.15, 0.2) is 70.6 Å². The Balaban J connectivity index is 1.38. The number of amides is 1. The Labute approximate surface area is 172 Å². The number of nitrogens with zero attached hydrogens (tertiary/aromatic N) is 2. The Hall–Kier alpha value is -3.45. The predicted octanol–water partition coefficient (Wildman–Crippen LogP) is 4.79. The number of nitrogens with one attached hydrogen (secondary N) is 1. The molecule has 0 atom stereocenters. The lowest BCUT2D eigenvalue weighted by Gasteiger charge is -2.02. The first-order chi connectivity index (χ1) is 14.2. The molecule has 0 unspecified atom stereocenters. The molecule has 0 spiro atoms. The quantitative estimate of drug-likeness (QED) is 0.478. The van der Waals surface area contributed by atoms with E-state index < -0.39 is 0 Å². The van der Waals surface area contributed by atoms with Crippen molar-refractivity contribution in [2.45, 2.75) is 13.5 Å². The smallest absolute Gasteiger partial charge is 0.273 e. The first-order valence-electron chi connectivity index (χ1n) is 9.21. The summed E-state index contributed by atoms with van der Waals surface area (Å²) in [5, 5.41) is 9.53. The molecule has 0 saturated carbocycles. The van der Waals surface area contributed by atoms with E-state index in [1.807, 2.05) is 66.9 Å². The summed E-state index contributed by atoms with van der Waals surface area (Å²) in [6, 6.07) is 19.0. The van der Waals surface area contributed by atoms with E-state index in [1.165, 1.54) is 11.3 Å². The summed E-state index contributed by atoms with van der Waals surface area (Å²) in [7, 11) is 0. The van der Waals surface area contributed by atoms with Crippen LogP contribution >= 0.6 is 11.3 Å². The number of ether oxygens (including phenoxy) is 1. The molecule has 0 bridgehead atoms. The second-order valence-corrected chi connectivity index (χ2v) is 7.15. The zero-order chi connectivity index (χ0) is 20.1. The van der Waals surface area contributed by atoms with Crippen molar-refractivity contribution in [3.8, 4) is 28.3 Å². The standard InChI is InChI=1S/C22H19N3O3S/c1-2-27-17-10-8-16(9-11-17)20-12-18(25-28-20)22(26)23-13-21-24-19(14-29-21)15-6-4-3-5-7-15/h3-12,14H,2,13H2,1H3,(H,23,26). The first kappa shape index (κ1) is 18.9. The third kappa shape index (κ3) is 4.52. The largest absolute Gasteiger partial charge is 0.494 e. The van der Waals surface area contributed by atoms with E-state index in [9.17, 15) is 4.79 Å². The van der Waals surface area contributed by atoms with Crippen LogP contribution in [-0.2, 0) is 6.54 Å². The van der Waals surface area contributed by atoms with Gasteiger partial charge in [0.05, 0.1) is 18.8 Å². The van der Waals surface area contributed by atoms with E-state index in [4.69, 9.17) is 9.26 Å². The van der Waals surface area contributed by atoms with Gasteiger partial charge in [-0.25, -0.2) is 4.98 Å². The highest BCUT2D eigenvalue weighted by Gasteiger charge is 2.14. The number of aromatic nitrogens is 2. The van der Waals surface area contributed by atoms with Gasteiger partial charge in [0.15, 0.2) is 11.5 Å². The minimum absolute atomic E-state index is 0.230. The average molecular weight is 405 g/mol. The molecule has 146 valence electrons. The topological polar surface area (TPSA) is 77.2 Å². The highest BCUT2D eigenvalue weighted by molar-refractivity contribution is 7.09. The average Bonchev–Trinajstić information content (AvgIpc) is 3.44. The van der Waals surface area contributed by atoms with Gasteiger partial charge in [0, 0.05) is 22.6 Å². The molecule has 2 aromatic heterocycles. The van der Waals surface area contributed by atoms with Crippen LogP contribution < -0.4 is 10.1 Å². The highest BCUT2D eigenvalue weighted by atomic mass is 32.1. The predicted molar refractivity (Wildman–Crippen MR) is 112 cm³/mol. The van der Waals surface area contributed by atoms with Crippen molar-refractivity contribution in [3.63, 3.8) is 0 Å². The van der Waals surface area contributed by atoms with Gasteiger partial charge >= 0.3 is 0 Å². The van der Waals surface area contributed by atoms with Gasteiger partial charge in [0.1, 0.15) is 10.8 Å². The fourth-order valence-corrected chi connectivity index (χ4v) is 3.52. The molecule has 0 saturated heterocycles. The molecular formula is C22H19N3O3S. The molecule has 7 heteroatoms. The van der Waals surface area contributed by atoms with Crippen molar-refractivity contribution in [2.24, 2.45) is 0 Å². The van der Waals surface area contributed by atoms with Crippen LogP contribution in [0.2, 0.25) is 0 Å². The maximum Gasteiger partial charge on any atom is 0.273 e. The van der Waals surface area contributed by atoms with Crippen molar-refractivity contribution in [3.05, 3.63) is 76.7 Å². The van der Waals surface area contributed by atoms with Crippen LogP contribution in [0.3, 0.4) is 0 Å². The minimum atomic E-state index is -0.303. The molecular weight excluding hydrogens is 386 g/mol. The van der Waals surface area contributed by atoms with Gasteiger partial charge in [-0.2, -0.15) is 0 Å². The maximum atomic E-state index is 12.4. The molecule has 1 N–H and O–H groups in total. The summed E-state index contributed by atoms with van der Waals surface area (Å²) < 4.78 is 10.7. The monoisotopic (exact) mass is 405 g/mol. The van der Waals surface area contributed by atoms with Gasteiger partial charge in [-0.15, -0.1) is 11.3 Å². The lowest BCUT2D eigenvalue weighted by molar-refractivity contribution is 0.0942. The summed E-state index contributed by atoms with van der Waals surface area (Å²) in [6.07, 6.45) is 0. The highest BCUT2D eigenvalue weighted by Crippen LogP contribution is 2.24. The van der Waals surface area contributed by atoms with Crippen molar-refractivity contribution in [2.75, 3.05) is 6.61 Å². The molecule has 0 aliphatic heterocycles. The fourth-order valence-electron chi connectivity index (χ4n) is 2.78. The normalized spacial score (nSPS) is 10.7. The van der Waals surface area contributed by atoms with Gasteiger partial charge in [-0.05, 0) is 31.2 Å². The molecule has 2 aromatic carbocycles. The van der Waals surface area contributed by atoms with Crippen molar-refractivity contribution in [1.29, 1.82) is 0 Å². The van der Waals surface area contributed by atoms with Gasteiger partial charge in [0.25, 0.3) is 5.91 Å².